The van der Waals surface area contributed by atoms with Gasteiger partial charge < -0.3 is 4.74 Å². The first kappa shape index (κ1) is 39.9. The summed E-state index contributed by atoms with van der Waals surface area (Å²) in [6.45, 7) is 0. The van der Waals surface area contributed by atoms with Crippen molar-refractivity contribution in [1.82, 2.24) is 15.0 Å². The Morgan fingerprint density at radius 2 is 0.742 bits per heavy atom. The van der Waals surface area contributed by atoms with Crippen molar-refractivity contribution in [1.29, 1.82) is 0 Å². The molecule has 10 rings (SSSR count). The standard InChI is InChI=1S/C51H32B7N3O/c52-40-37(47-38(41(53)43(40)55)39-42(54)44(56)45(57)46(58)48(39)62-47)35-24-34(29-14-8-3-9-15-29)25-36(26-35)51-60-49(32-20-16-30(17-21-32)27-10-4-1-5-11-27)59-50(61-51)33-22-18-31(19-23-33)28-12-6-2-7-13-28/h1-26,37-38,40-41,43,47H. The van der Waals surface area contributed by atoms with Crippen molar-refractivity contribution < 1.29 is 4.74 Å². The fourth-order valence-corrected chi connectivity index (χ4v) is 9.15. The van der Waals surface area contributed by atoms with Gasteiger partial charge in [0, 0.05) is 28.5 Å². The molecule has 2 heterocycles. The van der Waals surface area contributed by atoms with E-state index in [1.54, 1.807) is 0 Å². The van der Waals surface area contributed by atoms with Crippen LogP contribution in [0.25, 0.3) is 67.5 Å². The topological polar surface area (TPSA) is 47.9 Å². The number of nitrogens with zero attached hydrogens (tertiary/aromatic N) is 3. The van der Waals surface area contributed by atoms with Gasteiger partial charge in [-0.15, -0.1) is 10.9 Å². The van der Waals surface area contributed by atoms with Crippen molar-refractivity contribution >= 4 is 76.8 Å². The average Bonchev–Trinajstić information content (AvgIpc) is 3.73. The lowest BCUT2D eigenvalue weighted by atomic mass is 9.42. The molecule has 0 amide bonds. The number of benzene rings is 7. The van der Waals surface area contributed by atoms with Crippen LogP contribution < -0.4 is 26.6 Å². The third-order valence-corrected chi connectivity index (χ3v) is 12.5. The van der Waals surface area contributed by atoms with Gasteiger partial charge in [0.1, 0.15) is 43.2 Å². The van der Waals surface area contributed by atoms with Crippen LogP contribution in [0, 0.1) is 0 Å². The molecule has 11 heteroatoms. The first-order chi connectivity index (χ1) is 30.1. The van der Waals surface area contributed by atoms with Gasteiger partial charge in [0.2, 0.25) is 0 Å². The highest BCUT2D eigenvalue weighted by molar-refractivity contribution is 6.63. The van der Waals surface area contributed by atoms with Crippen molar-refractivity contribution in [2.45, 2.75) is 35.4 Å². The quantitative estimate of drug-likeness (QED) is 0.172. The monoisotopic (exact) mass is 779 g/mol. The van der Waals surface area contributed by atoms with Crippen LogP contribution in [-0.4, -0.2) is 76.0 Å². The van der Waals surface area contributed by atoms with E-state index in [2.05, 4.69) is 78.9 Å². The van der Waals surface area contributed by atoms with Crippen LogP contribution in [0.15, 0.2) is 158 Å². The van der Waals surface area contributed by atoms with E-state index >= 15 is 0 Å². The Kier molecular flexibility index (Phi) is 10.5. The van der Waals surface area contributed by atoms with Crippen molar-refractivity contribution in [2.24, 2.45) is 0 Å². The Hall–Kier alpha value is -6.20. The second-order valence-electron chi connectivity index (χ2n) is 16.2. The Balaban J connectivity index is 1.14. The first-order valence-electron chi connectivity index (χ1n) is 20.6. The second kappa shape index (κ2) is 16.3. The minimum absolute atomic E-state index is 0.165. The van der Waals surface area contributed by atoms with Gasteiger partial charge in [-0.1, -0.05) is 174 Å². The molecule has 1 aliphatic carbocycles. The summed E-state index contributed by atoms with van der Waals surface area (Å²) < 4.78 is 6.75. The van der Waals surface area contributed by atoms with Gasteiger partial charge in [0.15, 0.2) is 17.5 Å². The Morgan fingerprint density at radius 3 is 1.24 bits per heavy atom. The summed E-state index contributed by atoms with van der Waals surface area (Å²) in [5.74, 6) is -0.884. The highest BCUT2D eigenvalue weighted by Crippen LogP contribution is 2.60. The molecule has 1 saturated carbocycles. The van der Waals surface area contributed by atoms with E-state index in [-0.39, 0.29) is 21.9 Å². The zero-order valence-corrected chi connectivity index (χ0v) is 33.8. The lowest BCUT2D eigenvalue weighted by Gasteiger charge is -2.47. The summed E-state index contributed by atoms with van der Waals surface area (Å²) in [6.07, 6.45) is -0.588. The van der Waals surface area contributed by atoms with E-state index in [0.29, 0.717) is 28.8 Å². The smallest absolute Gasteiger partial charge is 0.164 e. The molecule has 62 heavy (non-hydrogen) atoms. The second-order valence-corrected chi connectivity index (χ2v) is 16.2. The summed E-state index contributed by atoms with van der Waals surface area (Å²) in [7, 11) is 46.8. The van der Waals surface area contributed by atoms with Crippen LogP contribution in [0.3, 0.4) is 0 Å². The van der Waals surface area contributed by atoms with Crippen molar-refractivity contribution in [2.75, 3.05) is 0 Å². The Labute approximate surface area is 372 Å². The molecular weight excluding hydrogens is 746 g/mol. The number of ether oxygens (including phenoxy) is 1. The van der Waals surface area contributed by atoms with Crippen LogP contribution in [0.4, 0.5) is 0 Å². The van der Waals surface area contributed by atoms with E-state index in [1.165, 1.54) is 0 Å². The van der Waals surface area contributed by atoms with Crippen LogP contribution in [-0.2, 0) is 0 Å². The number of aromatic nitrogens is 3. The van der Waals surface area contributed by atoms with E-state index in [1.807, 2.05) is 78.9 Å². The molecule has 0 spiro atoms. The van der Waals surface area contributed by atoms with Crippen LogP contribution in [0.1, 0.15) is 23.0 Å². The zero-order chi connectivity index (χ0) is 42.6. The SMILES string of the molecule is [B]c1c([B])c([B])c2c(c1[B])OC1C(c3cc(-c4ccccc4)cc(-c4nc(-c5ccc(-c6ccccc6)cc5)nc(-c5ccc(-c6ccccc6)cc5)n4)c3)C([B])C([B])C([B])C21. The predicted molar refractivity (Wildman–Crippen MR) is 259 cm³/mol. The maximum absolute atomic E-state index is 7.12. The van der Waals surface area contributed by atoms with Gasteiger partial charge in [0.25, 0.3) is 0 Å². The molecule has 278 valence electrons. The molecule has 14 radical (unpaired) electrons. The summed E-state index contributed by atoms with van der Waals surface area (Å²) >= 11 is 0. The summed E-state index contributed by atoms with van der Waals surface area (Å²) in [5.41, 5.74) is 11.1. The normalized spacial score (nSPS) is 20.2. The fraction of sp³-hybridized carbons (Fsp3) is 0.118. The third-order valence-electron chi connectivity index (χ3n) is 12.5. The summed E-state index contributed by atoms with van der Waals surface area (Å²) in [5, 5.41) is 0. The molecule has 1 aliphatic heterocycles. The molecular formula is C51H32B7N3O. The van der Waals surface area contributed by atoms with E-state index < -0.39 is 35.4 Å². The maximum atomic E-state index is 7.12. The Morgan fingerprint density at radius 1 is 0.355 bits per heavy atom. The van der Waals surface area contributed by atoms with Crippen molar-refractivity contribution in [3.05, 3.63) is 169 Å². The maximum Gasteiger partial charge on any atom is 0.164 e. The van der Waals surface area contributed by atoms with Gasteiger partial charge in [-0.25, -0.2) is 15.0 Å². The molecule has 8 aromatic rings. The molecule has 0 saturated heterocycles. The molecule has 4 nitrogen and oxygen atoms in total. The largest absolute Gasteiger partial charge is 0.490 e. The van der Waals surface area contributed by atoms with Crippen molar-refractivity contribution in [3.8, 4) is 73.3 Å². The molecule has 7 aromatic carbocycles. The van der Waals surface area contributed by atoms with Gasteiger partial charge in [-0.2, -0.15) is 0 Å². The van der Waals surface area contributed by atoms with Crippen LogP contribution in [0.5, 0.6) is 5.75 Å². The highest BCUT2D eigenvalue weighted by Gasteiger charge is 2.52. The number of rotatable bonds is 7. The van der Waals surface area contributed by atoms with Crippen molar-refractivity contribution in [3.63, 3.8) is 0 Å². The third kappa shape index (κ3) is 7.06. The average molecular weight is 779 g/mol. The molecule has 2 aliphatic rings. The fourth-order valence-electron chi connectivity index (χ4n) is 9.15. The number of fused-ring (bicyclic) bond motifs is 3. The van der Waals surface area contributed by atoms with Gasteiger partial charge >= 0.3 is 0 Å². The van der Waals surface area contributed by atoms with Crippen LogP contribution >= 0.6 is 0 Å². The predicted octanol–water partition coefficient (Wildman–Crippen LogP) is 6.56. The molecule has 0 bridgehead atoms. The minimum atomic E-state index is -0.632. The summed E-state index contributed by atoms with van der Waals surface area (Å²) in [4.78, 5) is 15.5. The number of hydrogen-bond donors (Lipinski definition) is 0. The molecule has 1 fully saturated rings. The van der Waals surface area contributed by atoms with E-state index in [9.17, 15) is 0 Å². The van der Waals surface area contributed by atoms with E-state index in [4.69, 9.17) is 74.6 Å². The van der Waals surface area contributed by atoms with Gasteiger partial charge in [-0.3, -0.25) is 0 Å². The molecule has 6 unspecified atom stereocenters. The zero-order valence-electron chi connectivity index (χ0n) is 33.8. The molecule has 1 aromatic heterocycles. The summed E-state index contributed by atoms with van der Waals surface area (Å²) in [6, 6.07) is 53.5. The lowest BCUT2D eigenvalue weighted by molar-refractivity contribution is 0.140. The number of hydrogen-bond acceptors (Lipinski definition) is 4. The Bertz CT molecular complexity index is 2840. The van der Waals surface area contributed by atoms with Crippen LogP contribution in [0.2, 0.25) is 17.5 Å². The van der Waals surface area contributed by atoms with E-state index in [0.717, 1.165) is 55.6 Å². The molecule has 6 atom stereocenters. The lowest BCUT2D eigenvalue weighted by Crippen LogP contribution is -2.49. The first-order valence-corrected chi connectivity index (χ1v) is 20.6. The highest BCUT2D eigenvalue weighted by atomic mass is 16.5. The minimum Gasteiger partial charge on any atom is -0.490 e. The molecule has 0 N–H and O–H groups in total. The van der Waals surface area contributed by atoms with Gasteiger partial charge in [-0.05, 0) is 56.6 Å². The van der Waals surface area contributed by atoms with Gasteiger partial charge in [0.05, 0.1) is 23.5 Å².